The second-order valence-electron chi connectivity index (χ2n) is 9.49. The average molecular weight is 543 g/mol. The van der Waals surface area contributed by atoms with Gasteiger partial charge in [-0.2, -0.15) is 13.1 Å². The molecule has 12 heteroatoms. The maximum atomic E-state index is 15.2. The first-order valence-corrected chi connectivity index (χ1v) is 13.7. The van der Waals surface area contributed by atoms with Gasteiger partial charge in [0.25, 0.3) is 0 Å². The summed E-state index contributed by atoms with van der Waals surface area (Å²) in [6, 6.07) is 14.7. The van der Waals surface area contributed by atoms with Crippen molar-refractivity contribution in [1.82, 2.24) is 14.3 Å². The highest BCUT2D eigenvalue weighted by Crippen LogP contribution is 2.35. The van der Waals surface area contributed by atoms with Crippen LogP contribution in [0.2, 0.25) is 0 Å². The van der Waals surface area contributed by atoms with Crippen molar-refractivity contribution >= 4 is 27.6 Å². The van der Waals surface area contributed by atoms with Crippen LogP contribution < -0.4 is 15.5 Å². The van der Waals surface area contributed by atoms with Gasteiger partial charge in [-0.05, 0) is 37.3 Å². The molecule has 3 heterocycles. The molecule has 1 unspecified atom stereocenters. The Labute approximate surface area is 219 Å². The number of hydrogen-bond acceptors (Lipinski definition) is 7. The Hall–Kier alpha value is -3.48. The van der Waals surface area contributed by atoms with Crippen LogP contribution in [0.5, 0.6) is 0 Å². The number of halogens is 2. The molecule has 38 heavy (non-hydrogen) atoms. The normalized spacial score (nSPS) is 19.3. The quantitative estimate of drug-likeness (QED) is 0.509. The number of sulfonamides is 1. The largest absolute Gasteiger partial charge is 0.338 e. The van der Waals surface area contributed by atoms with E-state index in [1.54, 1.807) is 47.1 Å². The van der Waals surface area contributed by atoms with E-state index in [1.165, 1.54) is 34.6 Å². The Kier molecular flexibility index (Phi) is 6.88. The minimum atomic E-state index is -3.79. The topological polar surface area (TPSA) is 113 Å². The van der Waals surface area contributed by atoms with Crippen LogP contribution in [0.4, 0.5) is 20.4 Å². The number of benzene rings is 2. The number of carbonyl (C=O) groups excluding carboxylic acids is 1. The maximum absolute atomic E-state index is 15.2. The minimum Gasteiger partial charge on any atom is -0.338 e. The molecule has 0 spiro atoms. The Bertz CT molecular complexity index is 1430. The molecule has 1 amide bonds. The van der Waals surface area contributed by atoms with Crippen LogP contribution in [-0.2, 0) is 20.7 Å². The molecule has 2 aromatic carbocycles. The SMILES string of the molecule is Cc1cc(C(F)(F)c2ccccc2)nc(N2CCN(S(=O)(=O)c3ccc(N4CC(N)CC4=O)cc3)CC2)n1. The molecule has 2 aliphatic rings. The second kappa shape index (κ2) is 10.0. The molecule has 2 fully saturated rings. The average Bonchev–Trinajstić information content (AvgIpc) is 3.26. The van der Waals surface area contributed by atoms with Gasteiger partial charge in [0.1, 0.15) is 5.69 Å². The molecule has 5 rings (SSSR count). The maximum Gasteiger partial charge on any atom is 0.315 e. The fourth-order valence-corrected chi connectivity index (χ4v) is 6.13. The lowest BCUT2D eigenvalue weighted by molar-refractivity contribution is -0.117. The zero-order valence-electron chi connectivity index (χ0n) is 20.8. The van der Waals surface area contributed by atoms with Gasteiger partial charge >= 0.3 is 5.92 Å². The van der Waals surface area contributed by atoms with Crippen LogP contribution in [0.3, 0.4) is 0 Å². The van der Waals surface area contributed by atoms with E-state index in [-0.39, 0.29) is 61.0 Å². The van der Waals surface area contributed by atoms with Gasteiger partial charge < -0.3 is 15.5 Å². The molecule has 0 saturated carbocycles. The van der Waals surface area contributed by atoms with Crippen molar-refractivity contribution in [3.05, 3.63) is 77.6 Å². The van der Waals surface area contributed by atoms with Crippen LogP contribution in [-0.4, -0.2) is 67.4 Å². The van der Waals surface area contributed by atoms with Crippen LogP contribution in [0.15, 0.2) is 65.6 Å². The van der Waals surface area contributed by atoms with E-state index in [4.69, 9.17) is 5.73 Å². The summed E-state index contributed by atoms with van der Waals surface area (Å²) in [5.74, 6) is -3.25. The third-order valence-electron chi connectivity index (χ3n) is 6.76. The standard InChI is InChI=1S/C26H28F2N6O3S/c1-18-15-23(26(27,28)19-5-3-2-4-6-19)31-25(30-18)32-11-13-33(14-12-32)38(36,37)22-9-7-21(8-10-22)34-17-20(29)16-24(34)35/h2-10,15,20H,11-14,16-17,29H2,1H3. The van der Waals surface area contributed by atoms with E-state index in [1.807, 2.05) is 0 Å². The Morgan fingerprint density at radius 1 is 0.974 bits per heavy atom. The third-order valence-corrected chi connectivity index (χ3v) is 8.68. The van der Waals surface area contributed by atoms with Crippen LogP contribution in [0.25, 0.3) is 0 Å². The number of alkyl halides is 2. The summed E-state index contributed by atoms with van der Waals surface area (Å²) in [6.07, 6.45) is 0.264. The van der Waals surface area contributed by atoms with Gasteiger partial charge in [-0.3, -0.25) is 4.79 Å². The van der Waals surface area contributed by atoms with Crippen molar-refractivity contribution in [2.75, 3.05) is 42.5 Å². The number of nitrogens with zero attached hydrogens (tertiary/aromatic N) is 5. The summed E-state index contributed by atoms with van der Waals surface area (Å²) in [5.41, 5.74) is 6.28. The van der Waals surface area contributed by atoms with Crippen molar-refractivity contribution < 1.29 is 22.0 Å². The van der Waals surface area contributed by atoms with Gasteiger partial charge in [-0.25, -0.2) is 18.4 Å². The highest BCUT2D eigenvalue weighted by Gasteiger charge is 2.37. The molecule has 0 aliphatic carbocycles. The summed E-state index contributed by atoms with van der Waals surface area (Å²) in [7, 11) is -3.79. The van der Waals surface area contributed by atoms with Gasteiger partial charge in [0, 0.05) is 62.1 Å². The first-order valence-electron chi connectivity index (χ1n) is 12.3. The zero-order valence-corrected chi connectivity index (χ0v) is 21.6. The van der Waals surface area contributed by atoms with Crippen molar-refractivity contribution in [2.45, 2.75) is 30.2 Å². The Morgan fingerprint density at radius 2 is 1.63 bits per heavy atom. The molecule has 1 aromatic heterocycles. The summed E-state index contributed by atoms with van der Waals surface area (Å²) < 4.78 is 58.2. The lowest BCUT2D eigenvalue weighted by Crippen LogP contribution is -2.49. The van der Waals surface area contributed by atoms with Gasteiger partial charge in [0.05, 0.1) is 4.90 Å². The molecular weight excluding hydrogens is 514 g/mol. The fraction of sp³-hybridized carbons (Fsp3) is 0.346. The van der Waals surface area contributed by atoms with E-state index in [0.29, 0.717) is 17.9 Å². The van der Waals surface area contributed by atoms with E-state index in [0.717, 1.165) is 0 Å². The number of amides is 1. The highest BCUT2D eigenvalue weighted by molar-refractivity contribution is 7.89. The monoisotopic (exact) mass is 542 g/mol. The van der Waals surface area contributed by atoms with E-state index >= 15 is 8.78 Å². The van der Waals surface area contributed by atoms with Crippen LogP contribution in [0, 0.1) is 6.92 Å². The first kappa shape index (κ1) is 26.1. The number of carbonyl (C=O) groups is 1. The number of piperazine rings is 1. The summed E-state index contributed by atoms with van der Waals surface area (Å²) in [5, 5.41) is 0. The molecule has 2 aliphatic heterocycles. The van der Waals surface area contributed by atoms with Gasteiger partial charge in [0.15, 0.2) is 0 Å². The summed E-state index contributed by atoms with van der Waals surface area (Å²) in [4.78, 5) is 24.0. The molecule has 200 valence electrons. The highest BCUT2D eigenvalue weighted by atomic mass is 32.2. The molecule has 0 bridgehead atoms. The number of rotatable bonds is 6. The lowest BCUT2D eigenvalue weighted by Gasteiger charge is -2.34. The first-order chi connectivity index (χ1) is 18.1. The number of nitrogens with two attached hydrogens (primary N) is 1. The minimum absolute atomic E-state index is 0.0905. The molecule has 2 N–H and O–H groups in total. The van der Waals surface area contributed by atoms with Crippen molar-refractivity contribution in [1.29, 1.82) is 0 Å². The fourth-order valence-electron chi connectivity index (χ4n) is 4.71. The number of anilines is 2. The number of hydrogen-bond donors (Lipinski definition) is 1. The molecular formula is C26H28F2N6O3S. The zero-order chi connectivity index (χ0) is 27.1. The molecule has 1 atom stereocenters. The Balaban J connectivity index is 1.29. The van der Waals surface area contributed by atoms with Crippen molar-refractivity contribution in [3.8, 4) is 0 Å². The van der Waals surface area contributed by atoms with Gasteiger partial charge in [-0.1, -0.05) is 30.3 Å². The van der Waals surface area contributed by atoms with E-state index in [2.05, 4.69) is 9.97 Å². The van der Waals surface area contributed by atoms with Gasteiger partial charge in [-0.15, -0.1) is 0 Å². The van der Waals surface area contributed by atoms with Crippen LogP contribution >= 0.6 is 0 Å². The van der Waals surface area contributed by atoms with E-state index < -0.39 is 21.6 Å². The third kappa shape index (κ3) is 4.98. The molecule has 2 saturated heterocycles. The van der Waals surface area contributed by atoms with E-state index in [9.17, 15) is 13.2 Å². The molecule has 3 aromatic rings. The van der Waals surface area contributed by atoms with Crippen molar-refractivity contribution in [2.24, 2.45) is 5.73 Å². The van der Waals surface area contributed by atoms with Crippen molar-refractivity contribution in [3.63, 3.8) is 0 Å². The number of aryl methyl sites for hydroxylation is 1. The molecule has 0 radical (unpaired) electrons. The number of aromatic nitrogens is 2. The lowest BCUT2D eigenvalue weighted by atomic mass is 10.0. The Morgan fingerprint density at radius 3 is 2.24 bits per heavy atom. The predicted octanol–water partition coefficient (Wildman–Crippen LogP) is 2.50. The second-order valence-corrected chi connectivity index (χ2v) is 11.4. The molecule has 9 nitrogen and oxygen atoms in total. The van der Waals surface area contributed by atoms with Gasteiger partial charge in [0.2, 0.25) is 21.9 Å². The summed E-state index contributed by atoms with van der Waals surface area (Å²) >= 11 is 0. The smallest absolute Gasteiger partial charge is 0.315 e. The van der Waals surface area contributed by atoms with Crippen LogP contribution in [0.1, 0.15) is 23.4 Å². The predicted molar refractivity (Wildman–Crippen MR) is 139 cm³/mol. The summed E-state index contributed by atoms with van der Waals surface area (Å²) in [6.45, 7) is 2.81.